The first-order chi connectivity index (χ1) is 12.5. The average molecular weight is 363 g/mol. The maximum Gasteiger partial charge on any atom is 0.256 e. The third-order valence-corrected chi connectivity index (χ3v) is 6.31. The first kappa shape index (κ1) is 17.4. The molecule has 3 fully saturated rings. The molecule has 0 aromatic heterocycles. The summed E-state index contributed by atoms with van der Waals surface area (Å²) in [5.41, 5.74) is 6.13. The Kier molecular flexibility index (Phi) is 4.42. The van der Waals surface area contributed by atoms with Crippen molar-refractivity contribution < 1.29 is 18.4 Å². The van der Waals surface area contributed by atoms with Crippen molar-refractivity contribution >= 4 is 11.8 Å². The van der Waals surface area contributed by atoms with Crippen molar-refractivity contribution in [3.8, 4) is 0 Å². The molecule has 7 heteroatoms. The predicted molar refractivity (Wildman–Crippen MR) is 91.1 cm³/mol. The topological polar surface area (TPSA) is 66.6 Å². The lowest BCUT2D eigenvalue weighted by Gasteiger charge is -2.38. The monoisotopic (exact) mass is 363 g/mol. The Bertz CT molecular complexity index is 731. The SMILES string of the molecule is NC1C2CCC(C2)C1C(=O)N1CCN(C(=O)c2ccc(F)cc2F)CC1. The zero-order chi connectivity index (χ0) is 18.4. The summed E-state index contributed by atoms with van der Waals surface area (Å²) in [7, 11) is 0. The highest BCUT2D eigenvalue weighted by atomic mass is 19.1. The van der Waals surface area contributed by atoms with Crippen LogP contribution in [-0.2, 0) is 4.79 Å². The van der Waals surface area contributed by atoms with Crippen LogP contribution >= 0.6 is 0 Å². The summed E-state index contributed by atoms with van der Waals surface area (Å²) in [5, 5.41) is 0. The smallest absolute Gasteiger partial charge is 0.256 e. The standard InChI is InChI=1S/C19H23F2N3O2/c20-13-3-4-14(15(21)10-13)18(25)23-5-7-24(8-6-23)19(26)16-11-1-2-12(9-11)17(16)22/h3-4,10-12,16-17H,1-2,5-9,22H2. The second kappa shape index (κ2) is 6.61. The fourth-order valence-electron chi connectivity index (χ4n) is 4.88. The molecule has 1 aromatic carbocycles. The fourth-order valence-corrected chi connectivity index (χ4v) is 4.88. The van der Waals surface area contributed by atoms with Gasteiger partial charge >= 0.3 is 0 Å². The lowest BCUT2D eigenvalue weighted by Crippen LogP contribution is -2.54. The van der Waals surface area contributed by atoms with E-state index in [0.717, 1.165) is 25.3 Å². The second-order valence-corrected chi connectivity index (χ2v) is 7.68. The molecular formula is C19H23F2N3O2. The Morgan fingerprint density at radius 1 is 1.00 bits per heavy atom. The Labute approximate surface area is 151 Å². The fraction of sp³-hybridized carbons (Fsp3) is 0.579. The minimum absolute atomic E-state index is 0.0470. The van der Waals surface area contributed by atoms with E-state index in [0.29, 0.717) is 44.1 Å². The summed E-state index contributed by atoms with van der Waals surface area (Å²) >= 11 is 0. The van der Waals surface area contributed by atoms with Gasteiger partial charge in [-0.3, -0.25) is 9.59 Å². The highest BCUT2D eigenvalue weighted by molar-refractivity contribution is 5.94. The number of piperazine rings is 1. The Hall–Kier alpha value is -2.02. The molecule has 1 aromatic rings. The van der Waals surface area contributed by atoms with Gasteiger partial charge in [-0.2, -0.15) is 0 Å². The van der Waals surface area contributed by atoms with E-state index in [1.807, 2.05) is 0 Å². The summed E-state index contributed by atoms with van der Waals surface area (Å²) in [6, 6.07) is 2.91. The molecule has 2 aliphatic carbocycles. The van der Waals surface area contributed by atoms with E-state index in [9.17, 15) is 18.4 Å². The Balaban J connectivity index is 1.38. The van der Waals surface area contributed by atoms with Gasteiger partial charge in [-0.05, 0) is 43.2 Å². The van der Waals surface area contributed by atoms with Gasteiger partial charge in [0.25, 0.3) is 5.91 Å². The molecule has 4 unspecified atom stereocenters. The van der Waals surface area contributed by atoms with Gasteiger partial charge in [-0.15, -0.1) is 0 Å². The first-order valence-corrected chi connectivity index (χ1v) is 9.24. The minimum atomic E-state index is -0.860. The molecular weight excluding hydrogens is 340 g/mol. The molecule has 2 bridgehead atoms. The maximum atomic E-state index is 13.8. The van der Waals surface area contributed by atoms with Gasteiger partial charge in [0.1, 0.15) is 11.6 Å². The van der Waals surface area contributed by atoms with Crippen molar-refractivity contribution in [1.29, 1.82) is 0 Å². The van der Waals surface area contributed by atoms with Crippen LogP contribution in [0.4, 0.5) is 8.78 Å². The van der Waals surface area contributed by atoms with Gasteiger partial charge in [-0.25, -0.2) is 8.78 Å². The third kappa shape index (κ3) is 2.88. The largest absolute Gasteiger partial charge is 0.339 e. The number of carbonyl (C=O) groups is 2. The van der Waals surface area contributed by atoms with Crippen LogP contribution in [0.25, 0.3) is 0 Å². The van der Waals surface area contributed by atoms with Gasteiger partial charge in [0.15, 0.2) is 0 Å². The van der Waals surface area contributed by atoms with Crippen LogP contribution in [0.1, 0.15) is 29.6 Å². The molecule has 4 atom stereocenters. The minimum Gasteiger partial charge on any atom is -0.339 e. The van der Waals surface area contributed by atoms with Gasteiger partial charge < -0.3 is 15.5 Å². The van der Waals surface area contributed by atoms with E-state index in [1.54, 1.807) is 4.90 Å². The van der Waals surface area contributed by atoms with Crippen LogP contribution in [0.15, 0.2) is 18.2 Å². The molecule has 2 saturated carbocycles. The number of amides is 2. The molecule has 4 rings (SSSR count). The highest BCUT2D eigenvalue weighted by Crippen LogP contribution is 2.48. The van der Waals surface area contributed by atoms with Crippen molar-refractivity contribution in [3.63, 3.8) is 0 Å². The quantitative estimate of drug-likeness (QED) is 0.868. The van der Waals surface area contributed by atoms with Gasteiger partial charge in [0.2, 0.25) is 5.91 Å². The van der Waals surface area contributed by atoms with Crippen LogP contribution in [0.2, 0.25) is 0 Å². The molecule has 2 N–H and O–H groups in total. The van der Waals surface area contributed by atoms with Crippen molar-refractivity contribution in [1.82, 2.24) is 9.80 Å². The maximum absolute atomic E-state index is 13.8. The molecule has 0 spiro atoms. The molecule has 1 saturated heterocycles. The average Bonchev–Trinajstić information content (AvgIpc) is 3.22. The lowest BCUT2D eigenvalue weighted by atomic mass is 9.84. The van der Waals surface area contributed by atoms with Gasteiger partial charge in [0.05, 0.1) is 11.5 Å². The number of carbonyl (C=O) groups excluding carboxylic acids is 2. The lowest BCUT2D eigenvalue weighted by molar-refractivity contribution is -0.139. The molecule has 140 valence electrons. The van der Waals surface area contributed by atoms with E-state index in [1.165, 1.54) is 11.0 Å². The van der Waals surface area contributed by atoms with Crippen molar-refractivity contribution in [3.05, 3.63) is 35.4 Å². The Morgan fingerprint density at radius 2 is 1.65 bits per heavy atom. The van der Waals surface area contributed by atoms with E-state index < -0.39 is 17.5 Å². The van der Waals surface area contributed by atoms with E-state index in [-0.39, 0.29) is 23.4 Å². The van der Waals surface area contributed by atoms with E-state index >= 15 is 0 Å². The van der Waals surface area contributed by atoms with E-state index in [2.05, 4.69) is 0 Å². The Morgan fingerprint density at radius 3 is 2.27 bits per heavy atom. The molecule has 5 nitrogen and oxygen atoms in total. The number of nitrogens with zero attached hydrogens (tertiary/aromatic N) is 2. The van der Waals surface area contributed by atoms with Crippen molar-refractivity contribution in [2.45, 2.75) is 25.3 Å². The number of benzene rings is 1. The van der Waals surface area contributed by atoms with Crippen molar-refractivity contribution in [2.24, 2.45) is 23.5 Å². The molecule has 26 heavy (non-hydrogen) atoms. The number of fused-ring (bicyclic) bond motifs is 2. The molecule has 2 amide bonds. The van der Waals surface area contributed by atoms with E-state index in [4.69, 9.17) is 5.73 Å². The number of hydrogen-bond donors (Lipinski definition) is 1. The summed E-state index contributed by atoms with van der Waals surface area (Å²) in [5.74, 6) is -1.16. The zero-order valence-electron chi connectivity index (χ0n) is 14.5. The van der Waals surface area contributed by atoms with Crippen LogP contribution in [0.5, 0.6) is 0 Å². The summed E-state index contributed by atoms with van der Waals surface area (Å²) in [4.78, 5) is 28.6. The normalized spacial score (nSPS) is 30.7. The van der Waals surface area contributed by atoms with Crippen molar-refractivity contribution in [2.75, 3.05) is 26.2 Å². The molecule has 1 aliphatic heterocycles. The number of rotatable bonds is 2. The van der Waals surface area contributed by atoms with Crippen LogP contribution in [-0.4, -0.2) is 53.8 Å². The summed E-state index contributed by atoms with van der Waals surface area (Å²) < 4.78 is 26.8. The molecule has 1 heterocycles. The zero-order valence-corrected chi connectivity index (χ0v) is 14.5. The van der Waals surface area contributed by atoms with Crippen LogP contribution < -0.4 is 5.73 Å². The van der Waals surface area contributed by atoms with Crippen LogP contribution in [0.3, 0.4) is 0 Å². The van der Waals surface area contributed by atoms with Gasteiger partial charge in [0, 0.05) is 38.3 Å². The summed E-state index contributed by atoms with van der Waals surface area (Å²) in [6.07, 6.45) is 3.26. The molecule has 3 aliphatic rings. The first-order valence-electron chi connectivity index (χ1n) is 9.24. The van der Waals surface area contributed by atoms with Crippen LogP contribution in [0, 0.1) is 29.4 Å². The second-order valence-electron chi connectivity index (χ2n) is 7.68. The number of hydrogen-bond acceptors (Lipinski definition) is 3. The summed E-state index contributed by atoms with van der Waals surface area (Å²) in [6.45, 7) is 1.54. The molecule has 0 radical (unpaired) electrons. The third-order valence-electron chi connectivity index (χ3n) is 6.31. The number of nitrogens with two attached hydrogens (primary N) is 1. The predicted octanol–water partition coefficient (Wildman–Crippen LogP) is 1.62. The highest BCUT2D eigenvalue weighted by Gasteiger charge is 2.50. The van der Waals surface area contributed by atoms with Gasteiger partial charge in [-0.1, -0.05) is 0 Å². The number of halogens is 2.